The first kappa shape index (κ1) is 19.7. The van der Waals surface area contributed by atoms with Crippen molar-refractivity contribution in [3.8, 4) is 0 Å². The zero-order valence-corrected chi connectivity index (χ0v) is 17.5. The first-order valence-electron chi connectivity index (χ1n) is 8.62. The van der Waals surface area contributed by atoms with Crippen LogP contribution in [0.2, 0.25) is 0 Å². The van der Waals surface area contributed by atoms with E-state index in [9.17, 15) is 0 Å². The molecule has 1 fully saturated rings. The summed E-state index contributed by atoms with van der Waals surface area (Å²) in [7, 11) is 4.05. The number of nitrogens with zero attached hydrogens (tertiary/aromatic N) is 5. The maximum absolute atomic E-state index is 4.81. The topological polar surface area (TPSA) is 74.1 Å². The normalized spacial score (nSPS) is 15.2. The molecule has 25 heavy (non-hydrogen) atoms. The highest BCUT2D eigenvalue weighted by atomic mass is 127. The summed E-state index contributed by atoms with van der Waals surface area (Å²) in [4.78, 5) is 10.2. The molecule has 0 bridgehead atoms. The Kier molecular flexibility index (Phi) is 7.27. The van der Waals surface area contributed by atoms with Crippen LogP contribution in [0.4, 0.5) is 0 Å². The number of aryl methyl sites for hydroxylation is 1. The predicted molar refractivity (Wildman–Crippen MR) is 110 cm³/mol. The van der Waals surface area contributed by atoms with E-state index in [-0.39, 0.29) is 24.0 Å². The third kappa shape index (κ3) is 5.20. The Morgan fingerprint density at radius 3 is 2.76 bits per heavy atom. The van der Waals surface area contributed by atoms with Crippen LogP contribution >= 0.6 is 24.0 Å². The Balaban J connectivity index is 0.00000225. The van der Waals surface area contributed by atoms with Gasteiger partial charge >= 0.3 is 0 Å². The van der Waals surface area contributed by atoms with Gasteiger partial charge in [-0.1, -0.05) is 12.8 Å². The number of halogens is 1. The van der Waals surface area contributed by atoms with Crippen molar-refractivity contribution in [3.63, 3.8) is 0 Å². The fourth-order valence-corrected chi connectivity index (χ4v) is 3.06. The SMILES string of the molecule is Cc1nnc(CN=C(NC2CCCC2)N(C)Cc2ccc[nH]2)n1C.I. The van der Waals surface area contributed by atoms with Crippen LogP contribution in [0, 0.1) is 6.92 Å². The van der Waals surface area contributed by atoms with Crippen LogP contribution in [0.1, 0.15) is 43.0 Å². The summed E-state index contributed by atoms with van der Waals surface area (Å²) in [5, 5.41) is 11.9. The third-order valence-electron chi connectivity index (χ3n) is 4.67. The molecule has 1 saturated carbocycles. The molecule has 138 valence electrons. The molecule has 0 amide bonds. The lowest BCUT2D eigenvalue weighted by Gasteiger charge is -2.25. The summed E-state index contributed by atoms with van der Waals surface area (Å²) in [6.07, 6.45) is 6.99. The summed E-state index contributed by atoms with van der Waals surface area (Å²) >= 11 is 0. The first-order valence-corrected chi connectivity index (χ1v) is 8.62. The number of aromatic nitrogens is 4. The Hall–Kier alpha value is -1.58. The lowest BCUT2D eigenvalue weighted by Crippen LogP contribution is -2.43. The minimum atomic E-state index is 0. The van der Waals surface area contributed by atoms with Crippen molar-refractivity contribution in [1.82, 2.24) is 30.0 Å². The van der Waals surface area contributed by atoms with Crippen molar-refractivity contribution >= 4 is 29.9 Å². The smallest absolute Gasteiger partial charge is 0.194 e. The highest BCUT2D eigenvalue weighted by Gasteiger charge is 2.18. The molecule has 0 aliphatic heterocycles. The molecule has 0 aromatic carbocycles. The fraction of sp³-hybridized carbons (Fsp3) is 0.588. The molecule has 1 aliphatic carbocycles. The standard InChI is InChI=1S/C17H27N7.HI/c1-13-21-22-16(24(13)3)11-19-17(20-14-7-4-5-8-14)23(2)12-15-9-6-10-18-15;/h6,9-10,14,18H,4-5,7-8,11-12H2,1-3H3,(H,19,20);1H. The van der Waals surface area contributed by atoms with Gasteiger partial charge in [0, 0.05) is 32.0 Å². The van der Waals surface area contributed by atoms with Crippen LogP contribution in [0.3, 0.4) is 0 Å². The van der Waals surface area contributed by atoms with E-state index in [1.54, 1.807) is 0 Å². The molecule has 7 nitrogen and oxygen atoms in total. The minimum Gasteiger partial charge on any atom is -0.364 e. The molecule has 0 radical (unpaired) electrons. The number of guanidine groups is 1. The summed E-state index contributed by atoms with van der Waals surface area (Å²) in [6.45, 7) is 3.28. The second-order valence-corrected chi connectivity index (χ2v) is 6.54. The Labute approximate surface area is 166 Å². The van der Waals surface area contributed by atoms with Crippen LogP contribution in [-0.4, -0.2) is 43.7 Å². The van der Waals surface area contributed by atoms with Gasteiger partial charge in [0.05, 0.1) is 6.54 Å². The number of H-pyrrole nitrogens is 1. The number of hydrogen-bond donors (Lipinski definition) is 2. The van der Waals surface area contributed by atoms with Crippen molar-refractivity contribution in [3.05, 3.63) is 35.7 Å². The van der Waals surface area contributed by atoms with Gasteiger partial charge in [0.2, 0.25) is 0 Å². The third-order valence-corrected chi connectivity index (χ3v) is 4.67. The van der Waals surface area contributed by atoms with Crippen molar-refractivity contribution in [1.29, 1.82) is 0 Å². The molecule has 2 aromatic rings. The number of aliphatic imine (C=N–C) groups is 1. The van der Waals surface area contributed by atoms with Gasteiger partial charge in [-0.2, -0.15) is 0 Å². The molecule has 3 rings (SSSR count). The number of rotatable bonds is 5. The van der Waals surface area contributed by atoms with E-state index in [0.717, 1.165) is 24.2 Å². The zero-order valence-electron chi connectivity index (χ0n) is 15.2. The highest BCUT2D eigenvalue weighted by Crippen LogP contribution is 2.18. The van der Waals surface area contributed by atoms with E-state index < -0.39 is 0 Å². The van der Waals surface area contributed by atoms with Crippen LogP contribution in [0.15, 0.2) is 23.3 Å². The molecule has 0 atom stereocenters. The highest BCUT2D eigenvalue weighted by molar-refractivity contribution is 14.0. The average molecular weight is 457 g/mol. The number of aromatic amines is 1. The summed E-state index contributed by atoms with van der Waals surface area (Å²) < 4.78 is 1.99. The lowest BCUT2D eigenvalue weighted by molar-refractivity contribution is 0.451. The van der Waals surface area contributed by atoms with Crippen molar-refractivity contribution in [2.75, 3.05) is 7.05 Å². The van der Waals surface area contributed by atoms with Crippen molar-refractivity contribution in [2.45, 2.75) is 51.7 Å². The molecule has 0 saturated heterocycles. The van der Waals surface area contributed by atoms with Gasteiger partial charge < -0.3 is 19.8 Å². The molecule has 2 heterocycles. The summed E-state index contributed by atoms with van der Waals surface area (Å²) in [5.41, 5.74) is 1.17. The molecule has 2 aromatic heterocycles. The summed E-state index contributed by atoms with van der Waals surface area (Å²) in [6, 6.07) is 4.64. The van der Waals surface area contributed by atoms with E-state index in [1.165, 1.54) is 31.4 Å². The molecular formula is C17H28IN7. The molecule has 0 unspecified atom stereocenters. The quantitative estimate of drug-likeness (QED) is 0.411. The molecule has 1 aliphatic rings. The van der Waals surface area contributed by atoms with Gasteiger partial charge in [-0.15, -0.1) is 34.2 Å². The Bertz CT molecular complexity index is 671. The molecule has 0 spiro atoms. The maximum Gasteiger partial charge on any atom is 0.194 e. The van der Waals surface area contributed by atoms with Crippen LogP contribution < -0.4 is 5.32 Å². The van der Waals surface area contributed by atoms with E-state index in [4.69, 9.17) is 4.99 Å². The predicted octanol–water partition coefficient (Wildman–Crippen LogP) is 2.59. The van der Waals surface area contributed by atoms with Crippen LogP contribution in [0.25, 0.3) is 0 Å². The van der Waals surface area contributed by atoms with E-state index in [0.29, 0.717) is 12.6 Å². The van der Waals surface area contributed by atoms with Gasteiger partial charge in [0.15, 0.2) is 11.8 Å². The van der Waals surface area contributed by atoms with E-state index in [1.807, 2.05) is 30.8 Å². The molecular weight excluding hydrogens is 429 g/mol. The number of nitrogens with one attached hydrogen (secondary N) is 2. The van der Waals surface area contributed by atoms with E-state index >= 15 is 0 Å². The minimum absolute atomic E-state index is 0. The second kappa shape index (κ2) is 9.21. The van der Waals surface area contributed by atoms with Gasteiger partial charge in [0.25, 0.3) is 0 Å². The Morgan fingerprint density at radius 1 is 1.40 bits per heavy atom. The van der Waals surface area contributed by atoms with Crippen LogP contribution in [-0.2, 0) is 20.1 Å². The van der Waals surface area contributed by atoms with Gasteiger partial charge in [-0.3, -0.25) is 0 Å². The van der Waals surface area contributed by atoms with Crippen molar-refractivity contribution < 1.29 is 0 Å². The Morgan fingerprint density at radius 2 is 2.16 bits per heavy atom. The van der Waals surface area contributed by atoms with Crippen LogP contribution in [0.5, 0.6) is 0 Å². The molecule has 8 heteroatoms. The van der Waals surface area contributed by atoms with Gasteiger partial charge in [0.1, 0.15) is 12.4 Å². The monoisotopic (exact) mass is 457 g/mol. The second-order valence-electron chi connectivity index (χ2n) is 6.54. The largest absolute Gasteiger partial charge is 0.364 e. The van der Waals surface area contributed by atoms with Gasteiger partial charge in [-0.05, 0) is 31.9 Å². The van der Waals surface area contributed by atoms with Crippen molar-refractivity contribution in [2.24, 2.45) is 12.0 Å². The lowest BCUT2D eigenvalue weighted by atomic mass is 10.2. The van der Waals surface area contributed by atoms with Gasteiger partial charge in [-0.25, -0.2) is 4.99 Å². The van der Waals surface area contributed by atoms with E-state index in [2.05, 4.69) is 38.5 Å². The molecule has 2 N–H and O–H groups in total. The fourth-order valence-electron chi connectivity index (χ4n) is 3.06. The summed E-state index contributed by atoms with van der Waals surface area (Å²) in [5.74, 6) is 2.72. The number of hydrogen-bond acceptors (Lipinski definition) is 3. The first-order chi connectivity index (χ1) is 11.6. The average Bonchev–Trinajstić information content (AvgIpc) is 3.30. The maximum atomic E-state index is 4.81. The zero-order chi connectivity index (χ0) is 16.9.